The predicted octanol–water partition coefficient (Wildman–Crippen LogP) is -0.0926. The second kappa shape index (κ2) is 3.18. The second-order valence-electron chi connectivity index (χ2n) is 2.33. The Bertz CT molecular complexity index is 220. The van der Waals surface area contributed by atoms with Gasteiger partial charge >= 0.3 is 5.97 Å². The lowest BCUT2D eigenvalue weighted by atomic mass is 10.1. The Morgan fingerprint density at radius 1 is 1.73 bits per heavy atom. The Kier molecular flexibility index (Phi) is 2.25. The van der Waals surface area contributed by atoms with Gasteiger partial charge in [-0.25, -0.2) is 0 Å². The molecule has 0 aromatic heterocycles. The molecule has 0 fully saturated rings. The highest BCUT2D eigenvalue weighted by Crippen LogP contribution is 2.08. The van der Waals surface area contributed by atoms with Crippen molar-refractivity contribution in [1.82, 2.24) is 5.32 Å². The molecule has 2 N–H and O–H groups in total. The number of carbonyl (C=O) groups excluding carboxylic acids is 1. The van der Waals surface area contributed by atoms with Crippen molar-refractivity contribution < 1.29 is 14.7 Å². The molecule has 0 bridgehead atoms. The first-order valence-electron chi connectivity index (χ1n) is 3.39. The van der Waals surface area contributed by atoms with E-state index < -0.39 is 5.97 Å². The Morgan fingerprint density at radius 3 is 2.91 bits per heavy atom. The molecule has 1 amide bonds. The van der Waals surface area contributed by atoms with Crippen LogP contribution in [0.3, 0.4) is 0 Å². The maximum atomic E-state index is 10.8. The molecule has 0 saturated carbocycles. The van der Waals surface area contributed by atoms with E-state index in [9.17, 15) is 9.59 Å². The molecule has 1 rings (SSSR count). The molecule has 0 atom stereocenters. The van der Waals surface area contributed by atoms with Gasteiger partial charge < -0.3 is 10.4 Å². The average molecular weight is 155 g/mol. The molecular weight excluding hydrogens is 146 g/mol. The first-order valence-corrected chi connectivity index (χ1v) is 3.39. The molecule has 60 valence electrons. The number of carboxylic acids is 1. The number of carbonyl (C=O) groups is 2. The smallest absolute Gasteiger partial charge is 0.303 e. The first-order chi connectivity index (χ1) is 5.20. The average Bonchev–Trinajstić information content (AvgIpc) is 2.31. The van der Waals surface area contributed by atoms with Gasteiger partial charge in [-0.1, -0.05) is 6.08 Å². The number of carboxylic acid groups (broad SMARTS) is 1. The van der Waals surface area contributed by atoms with Gasteiger partial charge in [0.05, 0.1) is 0 Å². The molecule has 0 aromatic rings. The predicted molar refractivity (Wildman–Crippen MR) is 38.0 cm³/mol. The number of hydrogen-bond acceptors (Lipinski definition) is 2. The van der Waals surface area contributed by atoms with Crippen LogP contribution in [0, 0.1) is 0 Å². The molecule has 4 heteroatoms. The topological polar surface area (TPSA) is 66.4 Å². The van der Waals surface area contributed by atoms with Gasteiger partial charge in [0, 0.05) is 18.5 Å². The first kappa shape index (κ1) is 7.78. The van der Waals surface area contributed by atoms with Gasteiger partial charge in [0.1, 0.15) is 0 Å². The van der Waals surface area contributed by atoms with E-state index in [-0.39, 0.29) is 12.3 Å². The zero-order chi connectivity index (χ0) is 8.27. The van der Waals surface area contributed by atoms with Crippen molar-refractivity contribution in [2.45, 2.75) is 12.8 Å². The molecule has 0 saturated heterocycles. The maximum Gasteiger partial charge on any atom is 0.303 e. The van der Waals surface area contributed by atoms with E-state index in [4.69, 9.17) is 5.11 Å². The normalized spacial score (nSPS) is 16.0. The lowest BCUT2D eigenvalue weighted by molar-refractivity contribution is -0.136. The molecule has 4 nitrogen and oxygen atoms in total. The fraction of sp³-hybridized carbons (Fsp3) is 0.429. The monoisotopic (exact) mass is 155 g/mol. The summed E-state index contributed by atoms with van der Waals surface area (Å²) in [4.78, 5) is 20.9. The minimum absolute atomic E-state index is 0.0270. The van der Waals surface area contributed by atoms with Crippen LogP contribution < -0.4 is 5.32 Å². The summed E-state index contributed by atoms with van der Waals surface area (Å²) < 4.78 is 0. The van der Waals surface area contributed by atoms with Crippen LogP contribution in [0.25, 0.3) is 0 Å². The van der Waals surface area contributed by atoms with Crippen molar-refractivity contribution in [3.8, 4) is 0 Å². The van der Waals surface area contributed by atoms with E-state index >= 15 is 0 Å². The zero-order valence-electron chi connectivity index (χ0n) is 5.96. The highest BCUT2D eigenvalue weighted by atomic mass is 16.4. The molecule has 1 aliphatic heterocycles. The van der Waals surface area contributed by atoms with E-state index in [1.807, 2.05) is 0 Å². The Hall–Kier alpha value is -1.32. The van der Waals surface area contributed by atoms with Gasteiger partial charge in [0.25, 0.3) is 0 Å². The SMILES string of the molecule is O=C(O)CCC1=CCNC1=O. The van der Waals surface area contributed by atoms with Crippen LogP contribution in [0.15, 0.2) is 11.6 Å². The summed E-state index contributed by atoms with van der Waals surface area (Å²) in [7, 11) is 0. The number of rotatable bonds is 3. The lowest BCUT2D eigenvalue weighted by Crippen LogP contribution is -2.17. The summed E-state index contributed by atoms with van der Waals surface area (Å²) in [5.41, 5.74) is 0.590. The van der Waals surface area contributed by atoms with Gasteiger partial charge in [-0.15, -0.1) is 0 Å². The Labute approximate surface area is 63.9 Å². The Morgan fingerprint density at radius 2 is 2.45 bits per heavy atom. The number of aliphatic carboxylic acids is 1. The van der Waals surface area contributed by atoms with Crippen molar-refractivity contribution in [3.05, 3.63) is 11.6 Å². The van der Waals surface area contributed by atoms with Crippen LogP contribution in [-0.2, 0) is 9.59 Å². The molecule has 0 spiro atoms. The van der Waals surface area contributed by atoms with E-state index in [1.165, 1.54) is 0 Å². The van der Waals surface area contributed by atoms with Crippen molar-refractivity contribution in [2.24, 2.45) is 0 Å². The van der Waals surface area contributed by atoms with Crippen LogP contribution >= 0.6 is 0 Å². The van der Waals surface area contributed by atoms with Gasteiger partial charge in [-0.2, -0.15) is 0 Å². The van der Waals surface area contributed by atoms with Gasteiger partial charge in [0.15, 0.2) is 0 Å². The molecule has 0 aliphatic carbocycles. The van der Waals surface area contributed by atoms with Crippen LogP contribution in [-0.4, -0.2) is 23.5 Å². The van der Waals surface area contributed by atoms with Crippen LogP contribution in [0.5, 0.6) is 0 Å². The minimum Gasteiger partial charge on any atom is -0.481 e. The van der Waals surface area contributed by atoms with E-state index in [2.05, 4.69) is 5.32 Å². The third-order valence-electron chi connectivity index (χ3n) is 1.51. The summed E-state index contributed by atoms with van der Waals surface area (Å²) in [5.74, 6) is -1.00. The van der Waals surface area contributed by atoms with E-state index in [1.54, 1.807) is 6.08 Å². The van der Waals surface area contributed by atoms with Crippen molar-refractivity contribution in [2.75, 3.05) is 6.54 Å². The van der Waals surface area contributed by atoms with Crippen molar-refractivity contribution in [1.29, 1.82) is 0 Å². The third kappa shape index (κ3) is 2.07. The second-order valence-corrected chi connectivity index (χ2v) is 2.33. The molecule has 1 aliphatic rings. The van der Waals surface area contributed by atoms with Gasteiger partial charge in [-0.05, 0) is 6.42 Å². The van der Waals surface area contributed by atoms with Crippen LogP contribution in [0.4, 0.5) is 0 Å². The minimum atomic E-state index is -0.870. The highest BCUT2D eigenvalue weighted by molar-refractivity contribution is 5.96. The molecular formula is C7H9NO3. The number of hydrogen-bond donors (Lipinski definition) is 2. The lowest BCUT2D eigenvalue weighted by Gasteiger charge is -1.95. The zero-order valence-corrected chi connectivity index (χ0v) is 5.96. The third-order valence-corrected chi connectivity index (χ3v) is 1.51. The van der Waals surface area contributed by atoms with Crippen LogP contribution in [0.1, 0.15) is 12.8 Å². The fourth-order valence-corrected chi connectivity index (χ4v) is 0.930. The van der Waals surface area contributed by atoms with Crippen LogP contribution in [0.2, 0.25) is 0 Å². The Balaban J connectivity index is 2.37. The number of amides is 1. The van der Waals surface area contributed by atoms with Gasteiger partial charge in [-0.3, -0.25) is 9.59 Å². The molecule has 0 aromatic carbocycles. The van der Waals surface area contributed by atoms with Crippen molar-refractivity contribution in [3.63, 3.8) is 0 Å². The van der Waals surface area contributed by atoms with E-state index in [0.29, 0.717) is 18.5 Å². The van der Waals surface area contributed by atoms with Gasteiger partial charge in [0.2, 0.25) is 5.91 Å². The summed E-state index contributed by atoms with van der Waals surface area (Å²) in [6.45, 7) is 0.536. The fourth-order valence-electron chi connectivity index (χ4n) is 0.930. The largest absolute Gasteiger partial charge is 0.481 e. The summed E-state index contributed by atoms with van der Waals surface area (Å²) in [6, 6.07) is 0. The maximum absolute atomic E-state index is 10.8. The molecule has 11 heavy (non-hydrogen) atoms. The quantitative estimate of drug-likeness (QED) is 0.598. The molecule has 1 heterocycles. The molecule has 0 radical (unpaired) electrons. The number of nitrogens with one attached hydrogen (secondary N) is 1. The molecule has 0 unspecified atom stereocenters. The highest BCUT2D eigenvalue weighted by Gasteiger charge is 2.14. The summed E-state index contributed by atoms with van der Waals surface area (Å²) in [5, 5.41) is 10.9. The summed E-state index contributed by atoms with van der Waals surface area (Å²) in [6.07, 6.45) is 2.09. The van der Waals surface area contributed by atoms with Crippen molar-refractivity contribution >= 4 is 11.9 Å². The standard InChI is InChI=1S/C7H9NO3/c9-6(10)2-1-5-3-4-8-7(5)11/h3H,1-2,4H2,(H,8,11)(H,9,10). The van der Waals surface area contributed by atoms with E-state index in [0.717, 1.165) is 0 Å². The summed E-state index contributed by atoms with van der Waals surface area (Å²) >= 11 is 0.